The summed E-state index contributed by atoms with van der Waals surface area (Å²) < 4.78 is 0. The van der Waals surface area contributed by atoms with Crippen LogP contribution in [0.1, 0.15) is 0 Å². The zero-order valence-corrected chi connectivity index (χ0v) is 5.11. The third-order valence-electron chi connectivity index (χ3n) is 1.08. The molecule has 0 fully saturated rings. The highest BCUT2D eigenvalue weighted by Crippen LogP contribution is 2.17. The van der Waals surface area contributed by atoms with Crippen molar-refractivity contribution in [2.24, 2.45) is 5.18 Å². The topological polar surface area (TPSA) is 33.8 Å². The second-order valence-electron chi connectivity index (χ2n) is 1.72. The zero-order chi connectivity index (χ0) is 7.40. The summed E-state index contributed by atoms with van der Waals surface area (Å²) in [5, 5.41) is 2.69. The summed E-state index contributed by atoms with van der Waals surface area (Å²) in [6.07, 6.45) is 0. The number of nitroso groups, excluding NO2 is 1. The van der Waals surface area contributed by atoms with E-state index < -0.39 is 0 Å². The fourth-order valence-corrected chi connectivity index (χ4v) is 0.588. The lowest BCUT2D eigenvalue weighted by atomic mass is 10.3. The fraction of sp³-hybridized carbons (Fsp3) is 0. The molecule has 0 N–H and O–H groups in total. The van der Waals surface area contributed by atoms with Crippen molar-refractivity contribution in [3.8, 4) is 0 Å². The Hall–Kier alpha value is -1.69. The minimum atomic E-state index is 0.354. The number of hydrogen-bond acceptors (Lipinski definition) is 2. The molecule has 10 heavy (non-hydrogen) atoms. The van der Waals surface area contributed by atoms with Crippen LogP contribution in [-0.4, -0.2) is 0 Å². The van der Waals surface area contributed by atoms with Gasteiger partial charge in [-0.3, -0.25) is 0 Å². The van der Waals surface area contributed by atoms with Gasteiger partial charge in [0.15, 0.2) is 5.69 Å². The number of nitrogens with zero attached hydrogens (tertiary/aromatic N) is 2. The van der Waals surface area contributed by atoms with Crippen LogP contribution in [0.25, 0.3) is 4.85 Å². The Morgan fingerprint density at radius 1 is 1.30 bits per heavy atom. The molecule has 1 aromatic carbocycles. The molecule has 0 radical (unpaired) electrons. The van der Waals surface area contributed by atoms with Crippen molar-refractivity contribution in [2.45, 2.75) is 0 Å². The lowest BCUT2D eigenvalue weighted by Gasteiger charge is -1.86. The van der Waals surface area contributed by atoms with E-state index in [0.717, 1.165) is 0 Å². The summed E-state index contributed by atoms with van der Waals surface area (Å²) in [6.45, 7) is 6.59. The average molecular weight is 132 g/mol. The van der Waals surface area contributed by atoms with Crippen LogP contribution < -0.4 is 0 Å². The van der Waals surface area contributed by atoms with Crippen LogP contribution in [0.4, 0.5) is 11.4 Å². The van der Waals surface area contributed by atoms with Gasteiger partial charge in [-0.05, 0) is 17.3 Å². The van der Waals surface area contributed by atoms with Crippen LogP contribution in [0.15, 0.2) is 29.4 Å². The molecule has 48 valence electrons. The minimum absolute atomic E-state index is 0.354. The third kappa shape index (κ3) is 1.17. The summed E-state index contributed by atoms with van der Waals surface area (Å²) in [5.41, 5.74) is 0.875. The number of hydrogen-bond donors (Lipinski definition) is 0. The van der Waals surface area contributed by atoms with E-state index in [4.69, 9.17) is 6.57 Å². The molecule has 0 saturated heterocycles. The lowest BCUT2D eigenvalue weighted by molar-refractivity contribution is 1.50. The molecule has 1 rings (SSSR count). The predicted molar refractivity (Wildman–Crippen MR) is 38.2 cm³/mol. The van der Waals surface area contributed by atoms with Crippen molar-refractivity contribution < 1.29 is 0 Å². The quantitative estimate of drug-likeness (QED) is 0.427. The van der Waals surface area contributed by atoms with Gasteiger partial charge in [0.1, 0.15) is 5.69 Å². The van der Waals surface area contributed by atoms with E-state index in [-0.39, 0.29) is 0 Å². The molecule has 0 bridgehead atoms. The fourth-order valence-electron chi connectivity index (χ4n) is 0.588. The van der Waals surface area contributed by atoms with Crippen LogP contribution in [-0.2, 0) is 0 Å². The van der Waals surface area contributed by atoms with Gasteiger partial charge in [0.05, 0.1) is 6.57 Å². The van der Waals surface area contributed by atoms with Gasteiger partial charge >= 0.3 is 0 Å². The van der Waals surface area contributed by atoms with E-state index in [9.17, 15) is 4.91 Å². The Kier molecular flexibility index (Phi) is 1.76. The maximum Gasteiger partial charge on any atom is 0.187 e. The lowest BCUT2D eigenvalue weighted by Crippen LogP contribution is -1.60. The van der Waals surface area contributed by atoms with Crippen molar-refractivity contribution in [1.29, 1.82) is 0 Å². The van der Waals surface area contributed by atoms with Crippen molar-refractivity contribution >= 4 is 11.4 Å². The normalized spacial score (nSPS) is 8.30. The largest absolute Gasteiger partial charge is 0.238 e. The maximum absolute atomic E-state index is 9.88. The second kappa shape index (κ2) is 2.74. The number of rotatable bonds is 1. The average Bonchev–Trinajstić information content (AvgIpc) is 2.05. The predicted octanol–water partition coefficient (Wildman–Crippen LogP) is 2.64. The van der Waals surface area contributed by atoms with Crippen LogP contribution in [0, 0.1) is 11.5 Å². The van der Waals surface area contributed by atoms with Gasteiger partial charge in [0.2, 0.25) is 0 Å². The van der Waals surface area contributed by atoms with E-state index in [1.165, 1.54) is 12.1 Å². The van der Waals surface area contributed by atoms with E-state index in [1.807, 2.05) is 0 Å². The van der Waals surface area contributed by atoms with Gasteiger partial charge in [0.25, 0.3) is 0 Å². The van der Waals surface area contributed by atoms with E-state index in [1.54, 1.807) is 12.1 Å². The van der Waals surface area contributed by atoms with Crippen molar-refractivity contribution in [1.82, 2.24) is 0 Å². The molecular formula is C7H4N2O. The Labute approximate surface area is 58.1 Å². The molecule has 0 heterocycles. The zero-order valence-electron chi connectivity index (χ0n) is 5.11. The molecule has 0 aliphatic carbocycles. The summed E-state index contributed by atoms with van der Waals surface area (Å²) >= 11 is 0. The molecule has 0 spiro atoms. The molecule has 0 atom stereocenters. The van der Waals surface area contributed by atoms with Gasteiger partial charge in [-0.15, -0.1) is 4.91 Å². The Morgan fingerprint density at radius 2 is 1.90 bits per heavy atom. The van der Waals surface area contributed by atoms with E-state index in [0.29, 0.717) is 11.4 Å². The first-order valence-corrected chi connectivity index (χ1v) is 2.67. The van der Waals surface area contributed by atoms with Crippen LogP contribution in [0.2, 0.25) is 0 Å². The molecule has 3 heteroatoms. The molecule has 0 aliphatic rings. The smallest absolute Gasteiger partial charge is 0.187 e. The highest BCUT2D eigenvalue weighted by molar-refractivity contribution is 5.51. The Balaban J connectivity index is 3.04. The highest BCUT2D eigenvalue weighted by Gasteiger charge is 1.90. The SMILES string of the molecule is [C-]#[N+]c1ccc(N=O)cc1. The Bertz CT molecular complexity index is 271. The van der Waals surface area contributed by atoms with Crippen LogP contribution in [0.3, 0.4) is 0 Å². The van der Waals surface area contributed by atoms with Gasteiger partial charge in [-0.25, -0.2) is 4.85 Å². The maximum atomic E-state index is 9.88. The summed E-state index contributed by atoms with van der Waals surface area (Å²) in [4.78, 5) is 13.0. The molecule has 0 aromatic heterocycles. The summed E-state index contributed by atoms with van der Waals surface area (Å²) in [5.74, 6) is 0. The molecule has 0 aliphatic heterocycles. The summed E-state index contributed by atoms with van der Waals surface area (Å²) in [7, 11) is 0. The van der Waals surface area contributed by atoms with E-state index >= 15 is 0 Å². The van der Waals surface area contributed by atoms with Gasteiger partial charge in [0, 0.05) is 0 Å². The van der Waals surface area contributed by atoms with Crippen LogP contribution >= 0.6 is 0 Å². The first-order valence-electron chi connectivity index (χ1n) is 2.67. The van der Waals surface area contributed by atoms with Crippen molar-refractivity contribution in [3.05, 3.63) is 40.6 Å². The molecule has 1 aromatic rings. The molecular weight excluding hydrogens is 128 g/mol. The standard InChI is InChI=1S/C7H4N2O/c1-8-6-2-4-7(9-10)5-3-6/h2-5H. The van der Waals surface area contributed by atoms with Gasteiger partial charge in [-0.2, -0.15) is 0 Å². The van der Waals surface area contributed by atoms with Gasteiger partial charge < -0.3 is 0 Å². The highest BCUT2D eigenvalue weighted by atomic mass is 16.3. The first-order chi connectivity index (χ1) is 4.86. The first kappa shape index (κ1) is 6.43. The molecule has 0 unspecified atom stereocenters. The molecule has 0 saturated carbocycles. The molecule has 0 amide bonds. The Morgan fingerprint density at radius 3 is 2.30 bits per heavy atom. The van der Waals surface area contributed by atoms with Crippen LogP contribution in [0.5, 0.6) is 0 Å². The van der Waals surface area contributed by atoms with Crippen molar-refractivity contribution in [2.75, 3.05) is 0 Å². The summed E-state index contributed by atoms with van der Waals surface area (Å²) in [6, 6.07) is 6.15. The second-order valence-corrected chi connectivity index (χ2v) is 1.72. The number of benzene rings is 1. The van der Waals surface area contributed by atoms with Crippen molar-refractivity contribution in [3.63, 3.8) is 0 Å². The van der Waals surface area contributed by atoms with E-state index in [2.05, 4.69) is 10.0 Å². The minimum Gasteiger partial charge on any atom is -0.238 e. The molecule has 3 nitrogen and oxygen atoms in total. The van der Waals surface area contributed by atoms with Gasteiger partial charge in [-0.1, -0.05) is 12.1 Å². The monoisotopic (exact) mass is 132 g/mol. The third-order valence-corrected chi connectivity index (χ3v) is 1.08.